The Labute approximate surface area is 167 Å². The average Bonchev–Trinajstić information content (AvgIpc) is 3.32. The third-order valence-corrected chi connectivity index (χ3v) is 6.45. The number of hydrogen-bond donors (Lipinski definition) is 1. The third kappa shape index (κ3) is 3.60. The number of guanidine groups is 1. The maximum Gasteiger partial charge on any atom is 0.193 e. The van der Waals surface area contributed by atoms with Crippen LogP contribution in [-0.4, -0.2) is 54.2 Å². The molecule has 2 aliphatic rings. The fourth-order valence-corrected chi connectivity index (χ4v) is 4.45. The zero-order valence-corrected chi connectivity index (χ0v) is 17.1. The molecule has 1 N–H and O–H groups in total. The molecule has 1 aliphatic carbocycles. The number of nitrogens with zero attached hydrogens (tertiary/aromatic N) is 4. The monoisotopic (exact) mass is 381 g/mol. The number of ether oxygens (including phenoxy) is 1. The van der Waals surface area contributed by atoms with Gasteiger partial charge in [0, 0.05) is 50.1 Å². The number of rotatable bonds is 5. The zero-order chi connectivity index (χ0) is 19.6. The molecule has 2 aromatic rings. The Morgan fingerprint density at radius 1 is 1.36 bits per heavy atom. The van der Waals surface area contributed by atoms with Gasteiger partial charge in [0.15, 0.2) is 5.96 Å². The molecule has 2 unspecified atom stereocenters. The van der Waals surface area contributed by atoms with Crippen molar-refractivity contribution >= 4 is 5.96 Å². The summed E-state index contributed by atoms with van der Waals surface area (Å²) < 4.78 is 7.85. The maximum absolute atomic E-state index is 5.61. The van der Waals surface area contributed by atoms with Gasteiger partial charge in [-0.1, -0.05) is 25.1 Å². The van der Waals surface area contributed by atoms with E-state index in [1.807, 2.05) is 25.6 Å². The van der Waals surface area contributed by atoms with E-state index in [0.717, 1.165) is 37.8 Å². The highest BCUT2D eigenvalue weighted by Crippen LogP contribution is 2.50. The van der Waals surface area contributed by atoms with E-state index in [2.05, 4.69) is 56.1 Å². The van der Waals surface area contributed by atoms with Crippen molar-refractivity contribution in [1.82, 2.24) is 19.8 Å². The molecule has 150 valence electrons. The molecule has 2 atom stereocenters. The Kier molecular flexibility index (Phi) is 5.29. The summed E-state index contributed by atoms with van der Waals surface area (Å²) in [6, 6.07) is 8.84. The van der Waals surface area contributed by atoms with Crippen LogP contribution in [0.2, 0.25) is 0 Å². The van der Waals surface area contributed by atoms with Crippen LogP contribution in [0.15, 0.2) is 48.0 Å². The van der Waals surface area contributed by atoms with Crippen molar-refractivity contribution in [2.24, 2.45) is 10.9 Å². The highest BCUT2D eigenvalue weighted by atomic mass is 16.5. The minimum Gasteiger partial charge on any atom is -0.496 e. The Balaban J connectivity index is 1.44. The first-order valence-electron chi connectivity index (χ1n) is 10.2. The molecule has 1 saturated carbocycles. The Morgan fingerprint density at radius 3 is 2.86 bits per heavy atom. The summed E-state index contributed by atoms with van der Waals surface area (Å²) >= 11 is 0. The van der Waals surface area contributed by atoms with Gasteiger partial charge in [0.1, 0.15) is 5.75 Å². The number of aromatic nitrogens is 2. The fourth-order valence-electron chi connectivity index (χ4n) is 4.45. The molecule has 0 radical (unpaired) electrons. The van der Waals surface area contributed by atoms with Gasteiger partial charge in [-0.3, -0.25) is 4.99 Å². The normalized spacial score (nSPS) is 24.1. The van der Waals surface area contributed by atoms with Crippen LogP contribution in [0.1, 0.15) is 37.8 Å². The van der Waals surface area contributed by atoms with E-state index in [4.69, 9.17) is 4.74 Å². The SMILES string of the molecule is CN=C(NCC1(c2ccccc2OC)CC1)N1CCC(C)C(n2ccnc2)C1. The number of likely N-dealkylation sites (tertiary alicyclic amines) is 1. The molecule has 1 aliphatic heterocycles. The van der Waals surface area contributed by atoms with Crippen LogP contribution in [0, 0.1) is 5.92 Å². The summed E-state index contributed by atoms with van der Waals surface area (Å²) in [7, 11) is 3.64. The van der Waals surface area contributed by atoms with Gasteiger partial charge >= 0.3 is 0 Å². The maximum atomic E-state index is 5.61. The number of benzene rings is 1. The second-order valence-corrected chi connectivity index (χ2v) is 8.17. The molecular formula is C22H31N5O. The van der Waals surface area contributed by atoms with Crippen LogP contribution in [0.3, 0.4) is 0 Å². The molecule has 28 heavy (non-hydrogen) atoms. The van der Waals surface area contributed by atoms with E-state index < -0.39 is 0 Å². The topological polar surface area (TPSA) is 54.7 Å². The van der Waals surface area contributed by atoms with Crippen LogP contribution in [-0.2, 0) is 5.41 Å². The molecule has 6 heteroatoms. The largest absolute Gasteiger partial charge is 0.496 e. The van der Waals surface area contributed by atoms with Crippen molar-refractivity contribution in [3.63, 3.8) is 0 Å². The highest BCUT2D eigenvalue weighted by Gasteiger charge is 2.46. The second-order valence-electron chi connectivity index (χ2n) is 8.17. The molecule has 2 heterocycles. The summed E-state index contributed by atoms with van der Waals surface area (Å²) in [5.74, 6) is 2.62. The van der Waals surface area contributed by atoms with Gasteiger partial charge in [0.05, 0.1) is 19.5 Å². The van der Waals surface area contributed by atoms with Crippen molar-refractivity contribution in [1.29, 1.82) is 0 Å². The third-order valence-electron chi connectivity index (χ3n) is 6.45. The van der Waals surface area contributed by atoms with Gasteiger partial charge in [0.25, 0.3) is 0 Å². The molecule has 6 nitrogen and oxygen atoms in total. The lowest BCUT2D eigenvalue weighted by Gasteiger charge is -2.39. The molecular weight excluding hydrogens is 350 g/mol. The Bertz CT molecular complexity index is 812. The number of imidazole rings is 1. The van der Waals surface area contributed by atoms with E-state index >= 15 is 0 Å². The summed E-state index contributed by atoms with van der Waals surface area (Å²) in [6.45, 7) is 5.22. The van der Waals surface area contributed by atoms with E-state index in [1.165, 1.54) is 18.4 Å². The predicted octanol–water partition coefficient (Wildman–Crippen LogP) is 3.08. The van der Waals surface area contributed by atoms with Crippen molar-refractivity contribution < 1.29 is 4.74 Å². The minimum atomic E-state index is 0.162. The van der Waals surface area contributed by atoms with Gasteiger partial charge in [-0.25, -0.2) is 4.98 Å². The number of para-hydroxylation sites is 1. The van der Waals surface area contributed by atoms with E-state index in [9.17, 15) is 0 Å². The van der Waals surface area contributed by atoms with Gasteiger partial charge < -0.3 is 19.5 Å². The van der Waals surface area contributed by atoms with Crippen molar-refractivity contribution in [2.75, 3.05) is 33.8 Å². The van der Waals surface area contributed by atoms with Gasteiger partial charge in [-0.15, -0.1) is 0 Å². The molecule has 1 aromatic heterocycles. The number of nitrogens with one attached hydrogen (secondary N) is 1. The lowest BCUT2D eigenvalue weighted by Crippen LogP contribution is -2.50. The summed E-state index contributed by atoms with van der Waals surface area (Å²) in [5, 5.41) is 3.67. The van der Waals surface area contributed by atoms with Crippen LogP contribution < -0.4 is 10.1 Å². The molecule has 4 rings (SSSR count). The zero-order valence-electron chi connectivity index (χ0n) is 17.1. The first-order valence-corrected chi connectivity index (χ1v) is 10.2. The van der Waals surface area contributed by atoms with Gasteiger partial charge in [-0.2, -0.15) is 0 Å². The van der Waals surface area contributed by atoms with Crippen LogP contribution in [0.4, 0.5) is 0 Å². The van der Waals surface area contributed by atoms with Crippen LogP contribution in [0.25, 0.3) is 0 Å². The van der Waals surface area contributed by atoms with E-state index in [0.29, 0.717) is 12.0 Å². The fraction of sp³-hybridized carbons (Fsp3) is 0.545. The number of methoxy groups -OCH3 is 1. The number of aliphatic imine (C=N–C) groups is 1. The highest BCUT2D eigenvalue weighted by molar-refractivity contribution is 5.80. The molecule has 1 saturated heterocycles. The molecule has 0 bridgehead atoms. The first-order chi connectivity index (χ1) is 13.7. The molecule has 0 amide bonds. The van der Waals surface area contributed by atoms with Crippen molar-refractivity contribution in [3.05, 3.63) is 48.5 Å². The minimum absolute atomic E-state index is 0.162. The Hall–Kier alpha value is -2.50. The molecule has 1 aromatic carbocycles. The smallest absolute Gasteiger partial charge is 0.193 e. The van der Waals surface area contributed by atoms with E-state index in [-0.39, 0.29) is 5.41 Å². The number of piperidine rings is 1. The quantitative estimate of drug-likeness (QED) is 0.639. The number of hydrogen-bond acceptors (Lipinski definition) is 3. The summed E-state index contributed by atoms with van der Waals surface area (Å²) in [6.07, 6.45) is 9.39. The summed E-state index contributed by atoms with van der Waals surface area (Å²) in [5.41, 5.74) is 1.47. The lowest BCUT2D eigenvalue weighted by atomic mass is 9.93. The lowest BCUT2D eigenvalue weighted by molar-refractivity contribution is 0.188. The van der Waals surface area contributed by atoms with E-state index in [1.54, 1.807) is 7.11 Å². The standard InChI is InChI=1S/C22H31N5O/c1-17-8-12-26(14-19(17)27-13-11-24-16-27)21(23-2)25-15-22(9-10-22)18-6-4-5-7-20(18)28-3/h4-7,11,13,16-17,19H,8-10,12,14-15H2,1-3H3,(H,23,25). The van der Waals surface area contributed by atoms with Crippen LogP contribution in [0.5, 0.6) is 5.75 Å². The average molecular weight is 382 g/mol. The first kappa shape index (κ1) is 18.8. The molecule has 2 fully saturated rings. The molecule has 0 spiro atoms. The van der Waals surface area contributed by atoms with Crippen LogP contribution >= 0.6 is 0 Å². The van der Waals surface area contributed by atoms with Crippen molar-refractivity contribution in [2.45, 2.75) is 37.6 Å². The Morgan fingerprint density at radius 2 is 2.18 bits per heavy atom. The second kappa shape index (κ2) is 7.86. The van der Waals surface area contributed by atoms with Gasteiger partial charge in [-0.05, 0) is 31.2 Å². The van der Waals surface area contributed by atoms with Crippen molar-refractivity contribution in [3.8, 4) is 5.75 Å². The van der Waals surface area contributed by atoms with Gasteiger partial charge in [0.2, 0.25) is 0 Å². The predicted molar refractivity (Wildman–Crippen MR) is 112 cm³/mol. The summed E-state index contributed by atoms with van der Waals surface area (Å²) in [4.78, 5) is 11.2.